The van der Waals surface area contributed by atoms with Crippen molar-refractivity contribution in [2.45, 2.75) is 32.2 Å². The van der Waals surface area contributed by atoms with Crippen molar-refractivity contribution in [3.8, 4) is 5.75 Å². The van der Waals surface area contributed by atoms with Gasteiger partial charge < -0.3 is 4.74 Å². The summed E-state index contributed by atoms with van der Waals surface area (Å²) >= 11 is 3.45. The molecule has 3 heteroatoms. The maximum atomic E-state index is 5.77. The largest absolute Gasteiger partial charge is 0.492 e. The first-order valence-electron chi connectivity index (χ1n) is 6.42. The molecule has 0 radical (unpaired) electrons. The fourth-order valence-corrected chi connectivity index (χ4v) is 2.87. The second-order valence-electron chi connectivity index (χ2n) is 4.55. The molecule has 0 saturated carbocycles. The number of benzene rings is 1. The van der Waals surface area contributed by atoms with Crippen molar-refractivity contribution >= 4 is 15.9 Å². The molecule has 1 heterocycles. The van der Waals surface area contributed by atoms with Gasteiger partial charge in [0.05, 0.1) is 0 Å². The van der Waals surface area contributed by atoms with E-state index >= 15 is 0 Å². The van der Waals surface area contributed by atoms with E-state index < -0.39 is 0 Å². The average molecular weight is 298 g/mol. The molecule has 0 spiro atoms. The predicted molar refractivity (Wildman–Crippen MR) is 74.5 cm³/mol. The zero-order chi connectivity index (χ0) is 12.1. The highest BCUT2D eigenvalue weighted by molar-refractivity contribution is 9.10. The second kappa shape index (κ2) is 6.41. The number of rotatable bonds is 5. The van der Waals surface area contributed by atoms with Crippen LogP contribution in [0.4, 0.5) is 0 Å². The Morgan fingerprint density at radius 1 is 1.47 bits per heavy atom. The molecular weight excluding hydrogens is 278 g/mol. The summed E-state index contributed by atoms with van der Waals surface area (Å²) in [4.78, 5) is 2.55. The van der Waals surface area contributed by atoms with E-state index in [9.17, 15) is 0 Å². The van der Waals surface area contributed by atoms with Gasteiger partial charge in [-0.25, -0.2) is 0 Å². The first kappa shape index (κ1) is 12.9. The average Bonchev–Trinajstić information content (AvgIpc) is 2.77. The van der Waals surface area contributed by atoms with E-state index in [1.807, 2.05) is 24.3 Å². The van der Waals surface area contributed by atoms with Gasteiger partial charge in [-0.2, -0.15) is 0 Å². The second-order valence-corrected chi connectivity index (χ2v) is 5.46. The topological polar surface area (TPSA) is 12.5 Å². The van der Waals surface area contributed by atoms with Crippen molar-refractivity contribution in [2.75, 3.05) is 19.7 Å². The molecule has 17 heavy (non-hydrogen) atoms. The van der Waals surface area contributed by atoms with E-state index in [-0.39, 0.29) is 0 Å². The Labute approximate surface area is 112 Å². The molecule has 0 amide bonds. The van der Waals surface area contributed by atoms with E-state index in [4.69, 9.17) is 4.74 Å². The Bertz CT molecular complexity index is 356. The predicted octanol–water partition coefficient (Wildman–Crippen LogP) is 3.70. The maximum absolute atomic E-state index is 5.77. The van der Waals surface area contributed by atoms with Crippen LogP contribution in [-0.4, -0.2) is 30.6 Å². The van der Waals surface area contributed by atoms with Gasteiger partial charge >= 0.3 is 0 Å². The molecule has 2 rings (SSSR count). The van der Waals surface area contributed by atoms with Crippen molar-refractivity contribution in [1.82, 2.24) is 4.90 Å². The van der Waals surface area contributed by atoms with E-state index in [2.05, 4.69) is 27.8 Å². The Morgan fingerprint density at radius 2 is 2.35 bits per heavy atom. The van der Waals surface area contributed by atoms with Gasteiger partial charge in [-0.05, 0) is 44.0 Å². The van der Waals surface area contributed by atoms with Gasteiger partial charge in [-0.3, -0.25) is 4.90 Å². The summed E-state index contributed by atoms with van der Waals surface area (Å²) in [6.07, 6.45) is 3.96. The summed E-state index contributed by atoms with van der Waals surface area (Å²) in [6, 6.07) is 8.82. The minimum atomic E-state index is 0.779. The summed E-state index contributed by atoms with van der Waals surface area (Å²) in [7, 11) is 0. The molecule has 0 aromatic heterocycles. The van der Waals surface area contributed by atoms with Crippen LogP contribution in [-0.2, 0) is 0 Å². The van der Waals surface area contributed by atoms with Gasteiger partial charge in [-0.1, -0.05) is 28.9 Å². The van der Waals surface area contributed by atoms with Gasteiger partial charge in [0.15, 0.2) is 0 Å². The zero-order valence-electron chi connectivity index (χ0n) is 10.4. The highest BCUT2D eigenvalue weighted by Crippen LogP contribution is 2.20. The summed E-state index contributed by atoms with van der Waals surface area (Å²) < 4.78 is 6.84. The molecule has 1 aliphatic heterocycles. The fourth-order valence-electron chi connectivity index (χ4n) is 2.49. The van der Waals surface area contributed by atoms with E-state index in [0.29, 0.717) is 0 Å². The van der Waals surface area contributed by atoms with Crippen LogP contribution in [0.25, 0.3) is 0 Å². The Balaban J connectivity index is 1.76. The van der Waals surface area contributed by atoms with Crippen LogP contribution in [0.5, 0.6) is 5.75 Å². The molecule has 1 aromatic carbocycles. The van der Waals surface area contributed by atoms with Crippen LogP contribution in [0.2, 0.25) is 0 Å². The lowest BCUT2D eigenvalue weighted by Gasteiger charge is -2.23. The number of ether oxygens (including phenoxy) is 1. The molecule has 1 atom stereocenters. The highest BCUT2D eigenvalue weighted by Gasteiger charge is 2.21. The van der Waals surface area contributed by atoms with Crippen LogP contribution in [0.3, 0.4) is 0 Å². The number of likely N-dealkylation sites (tertiary alicyclic amines) is 1. The van der Waals surface area contributed by atoms with Crippen molar-refractivity contribution in [3.05, 3.63) is 28.7 Å². The number of nitrogens with zero attached hydrogens (tertiary/aromatic N) is 1. The summed E-state index contributed by atoms with van der Waals surface area (Å²) in [5, 5.41) is 0. The molecule has 1 aromatic rings. The van der Waals surface area contributed by atoms with Gasteiger partial charge in [0.1, 0.15) is 12.4 Å². The number of halogens is 1. The Hall–Kier alpha value is -0.540. The van der Waals surface area contributed by atoms with Crippen LogP contribution in [0, 0.1) is 0 Å². The quantitative estimate of drug-likeness (QED) is 0.822. The standard InChI is InChI=1S/C14H20BrNO/c1-2-13-6-4-8-16(13)9-10-17-14-7-3-5-12(15)11-14/h3,5,7,11,13H,2,4,6,8-10H2,1H3. The van der Waals surface area contributed by atoms with Crippen molar-refractivity contribution < 1.29 is 4.74 Å². The summed E-state index contributed by atoms with van der Waals surface area (Å²) in [6.45, 7) is 5.34. The van der Waals surface area contributed by atoms with Crippen molar-refractivity contribution in [1.29, 1.82) is 0 Å². The van der Waals surface area contributed by atoms with Crippen molar-refractivity contribution in [3.63, 3.8) is 0 Å². The lowest BCUT2D eigenvalue weighted by Crippen LogP contribution is -2.32. The monoisotopic (exact) mass is 297 g/mol. The minimum Gasteiger partial charge on any atom is -0.492 e. The first-order chi connectivity index (χ1) is 8.29. The molecule has 1 unspecified atom stereocenters. The Morgan fingerprint density at radius 3 is 3.12 bits per heavy atom. The number of hydrogen-bond acceptors (Lipinski definition) is 2. The third-order valence-corrected chi connectivity index (χ3v) is 3.91. The third-order valence-electron chi connectivity index (χ3n) is 3.41. The summed E-state index contributed by atoms with van der Waals surface area (Å²) in [5.41, 5.74) is 0. The molecule has 0 bridgehead atoms. The lowest BCUT2D eigenvalue weighted by atomic mass is 10.2. The molecule has 2 nitrogen and oxygen atoms in total. The third kappa shape index (κ3) is 3.71. The van der Waals surface area contributed by atoms with Gasteiger partial charge in [-0.15, -0.1) is 0 Å². The normalized spacial score (nSPS) is 20.7. The first-order valence-corrected chi connectivity index (χ1v) is 7.21. The van der Waals surface area contributed by atoms with Gasteiger partial charge in [0, 0.05) is 17.1 Å². The molecular formula is C14H20BrNO. The zero-order valence-corrected chi connectivity index (χ0v) is 11.9. The van der Waals surface area contributed by atoms with Gasteiger partial charge in [0.2, 0.25) is 0 Å². The fraction of sp³-hybridized carbons (Fsp3) is 0.571. The molecule has 1 fully saturated rings. The summed E-state index contributed by atoms with van der Waals surface area (Å²) in [5.74, 6) is 0.951. The van der Waals surface area contributed by atoms with Gasteiger partial charge in [0.25, 0.3) is 0 Å². The van der Waals surface area contributed by atoms with Crippen LogP contribution in [0.15, 0.2) is 28.7 Å². The molecule has 1 aliphatic rings. The smallest absolute Gasteiger partial charge is 0.120 e. The molecule has 0 N–H and O–H groups in total. The van der Waals surface area contributed by atoms with Crippen LogP contribution in [0.1, 0.15) is 26.2 Å². The number of hydrogen-bond donors (Lipinski definition) is 0. The van der Waals surface area contributed by atoms with E-state index in [1.165, 1.54) is 25.8 Å². The molecule has 0 aliphatic carbocycles. The Kier molecular flexibility index (Phi) is 4.86. The highest BCUT2D eigenvalue weighted by atomic mass is 79.9. The van der Waals surface area contributed by atoms with Crippen molar-refractivity contribution in [2.24, 2.45) is 0 Å². The SMILES string of the molecule is CCC1CCCN1CCOc1cccc(Br)c1. The lowest BCUT2D eigenvalue weighted by molar-refractivity contribution is 0.193. The maximum Gasteiger partial charge on any atom is 0.120 e. The van der Waals surface area contributed by atoms with Crippen LogP contribution >= 0.6 is 15.9 Å². The van der Waals surface area contributed by atoms with E-state index in [0.717, 1.165) is 29.4 Å². The van der Waals surface area contributed by atoms with E-state index in [1.54, 1.807) is 0 Å². The van der Waals surface area contributed by atoms with Crippen LogP contribution < -0.4 is 4.74 Å². The minimum absolute atomic E-state index is 0.779. The molecule has 1 saturated heterocycles. The molecule has 94 valence electrons.